The molecule has 0 aromatic heterocycles. The van der Waals surface area contributed by atoms with Crippen LogP contribution in [0.25, 0.3) is 0 Å². The highest BCUT2D eigenvalue weighted by atomic mass is 16.3. The smallest absolute Gasteiger partial charge is 0.200 e. The van der Waals surface area contributed by atoms with Crippen LogP contribution in [0.1, 0.15) is 55.5 Å². The van der Waals surface area contributed by atoms with Gasteiger partial charge in [-0.3, -0.25) is 0 Å². The van der Waals surface area contributed by atoms with Crippen molar-refractivity contribution in [3.63, 3.8) is 0 Å². The standard InChI is InChI=1S/C25H28O5/c1-14-19(26)10-17(11-20(14)27)24(2,3)15-6-8-16(9-7-15)25(4,5)18-12-21(28)23(30)22(29)13-18/h6-13,26-30H,1-5H3. The Labute approximate surface area is 176 Å². The van der Waals surface area contributed by atoms with Crippen molar-refractivity contribution in [1.29, 1.82) is 0 Å². The predicted octanol–water partition coefficient (Wildman–Crippen LogP) is 5.17. The van der Waals surface area contributed by atoms with Crippen molar-refractivity contribution in [3.05, 3.63) is 76.3 Å². The molecule has 3 aromatic carbocycles. The fourth-order valence-electron chi connectivity index (χ4n) is 3.65. The third kappa shape index (κ3) is 3.52. The van der Waals surface area contributed by atoms with Crippen LogP contribution in [-0.2, 0) is 10.8 Å². The maximum Gasteiger partial charge on any atom is 0.200 e. The molecule has 0 aliphatic heterocycles. The molecule has 0 bridgehead atoms. The normalized spacial score (nSPS) is 12.2. The van der Waals surface area contributed by atoms with Crippen molar-refractivity contribution in [1.82, 2.24) is 0 Å². The first kappa shape index (κ1) is 21.4. The van der Waals surface area contributed by atoms with Gasteiger partial charge in [0.1, 0.15) is 11.5 Å². The van der Waals surface area contributed by atoms with Gasteiger partial charge < -0.3 is 25.5 Å². The van der Waals surface area contributed by atoms with Crippen molar-refractivity contribution in [2.24, 2.45) is 0 Å². The van der Waals surface area contributed by atoms with E-state index in [1.165, 1.54) is 12.1 Å². The molecular weight excluding hydrogens is 380 g/mol. The van der Waals surface area contributed by atoms with E-state index in [0.717, 1.165) is 16.7 Å². The van der Waals surface area contributed by atoms with Crippen LogP contribution in [0, 0.1) is 6.92 Å². The molecule has 0 aliphatic carbocycles. The monoisotopic (exact) mass is 408 g/mol. The number of benzene rings is 3. The van der Waals surface area contributed by atoms with Crippen LogP contribution in [0.2, 0.25) is 0 Å². The van der Waals surface area contributed by atoms with Crippen molar-refractivity contribution in [2.45, 2.75) is 45.4 Å². The van der Waals surface area contributed by atoms with Crippen LogP contribution >= 0.6 is 0 Å². The van der Waals surface area contributed by atoms with E-state index in [9.17, 15) is 25.5 Å². The molecule has 0 spiro atoms. The van der Waals surface area contributed by atoms with Gasteiger partial charge in [0.2, 0.25) is 0 Å². The minimum Gasteiger partial charge on any atom is -0.508 e. The molecule has 0 radical (unpaired) electrons. The molecule has 5 heteroatoms. The van der Waals surface area contributed by atoms with E-state index in [1.54, 1.807) is 19.1 Å². The van der Waals surface area contributed by atoms with Crippen molar-refractivity contribution in [3.8, 4) is 28.7 Å². The Kier molecular flexibility index (Phi) is 5.11. The van der Waals surface area contributed by atoms with Crippen molar-refractivity contribution in [2.75, 3.05) is 0 Å². The average Bonchev–Trinajstić information content (AvgIpc) is 2.69. The topological polar surface area (TPSA) is 101 Å². The molecule has 0 unspecified atom stereocenters. The Balaban J connectivity index is 1.99. The van der Waals surface area contributed by atoms with E-state index >= 15 is 0 Å². The van der Waals surface area contributed by atoms with E-state index in [-0.39, 0.29) is 23.0 Å². The second-order valence-corrected chi connectivity index (χ2v) is 8.83. The Morgan fingerprint density at radius 3 is 1.13 bits per heavy atom. The Bertz CT molecular complexity index is 961. The van der Waals surface area contributed by atoms with Gasteiger partial charge in [-0.2, -0.15) is 0 Å². The molecule has 30 heavy (non-hydrogen) atoms. The van der Waals surface area contributed by atoms with E-state index in [0.29, 0.717) is 11.1 Å². The second kappa shape index (κ2) is 7.17. The number of rotatable bonds is 4. The lowest BCUT2D eigenvalue weighted by Gasteiger charge is -2.30. The van der Waals surface area contributed by atoms with Crippen LogP contribution in [0.5, 0.6) is 28.7 Å². The van der Waals surface area contributed by atoms with Crippen LogP contribution in [-0.4, -0.2) is 25.5 Å². The van der Waals surface area contributed by atoms with Gasteiger partial charge in [0.15, 0.2) is 17.2 Å². The summed E-state index contributed by atoms with van der Waals surface area (Å²) in [6.45, 7) is 9.64. The van der Waals surface area contributed by atoms with E-state index < -0.39 is 16.6 Å². The summed E-state index contributed by atoms with van der Waals surface area (Å²) in [5.74, 6) is -1.15. The molecule has 0 amide bonds. The van der Waals surface area contributed by atoms with Crippen LogP contribution < -0.4 is 0 Å². The molecule has 0 heterocycles. The molecule has 0 atom stereocenters. The highest BCUT2D eigenvalue weighted by Crippen LogP contribution is 2.42. The zero-order valence-electron chi connectivity index (χ0n) is 17.9. The van der Waals surface area contributed by atoms with Gasteiger partial charge in [0.25, 0.3) is 0 Å². The Morgan fingerprint density at radius 1 is 0.500 bits per heavy atom. The van der Waals surface area contributed by atoms with Crippen molar-refractivity contribution >= 4 is 0 Å². The summed E-state index contributed by atoms with van der Waals surface area (Å²) < 4.78 is 0. The number of hydrogen-bond donors (Lipinski definition) is 5. The van der Waals surface area contributed by atoms with E-state index in [4.69, 9.17) is 0 Å². The molecule has 0 saturated carbocycles. The van der Waals surface area contributed by atoms with Gasteiger partial charge >= 0.3 is 0 Å². The number of aromatic hydroxyl groups is 5. The van der Waals surface area contributed by atoms with Crippen LogP contribution in [0.3, 0.4) is 0 Å². The second-order valence-electron chi connectivity index (χ2n) is 8.83. The minimum absolute atomic E-state index is 0.0581. The zero-order valence-corrected chi connectivity index (χ0v) is 17.9. The SMILES string of the molecule is Cc1c(O)cc(C(C)(C)c2ccc(C(C)(C)c3cc(O)c(O)c(O)c3)cc2)cc1O. The summed E-state index contributed by atoms with van der Waals surface area (Å²) >= 11 is 0. The summed E-state index contributed by atoms with van der Waals surface area (Å²) in [5, 5.41) is 49.6. The van der Waals surface area contributed by atoms with Gasteiger partial charge in [-0.1, -0.05) is 52.0 Å². The van der Waals surface area contributed by atoms with Gasteiger partial charge in [-0.25, -0.2) is 0 Å². The quantitative estimate of drug-likeness (QED) is 0.383. The highest BCUT2D eigenvalue weighted by molar-refractivity contribution is 5.55. The summed E-state index contributed by atoms with van der Waals surface area (Å²) in [7, 11) is 0. The summed E-state index contributed by atoms with van der Waals surface area (Å²) in [6, 6.07) is 14.2. The maximum absolute atomic E-state index is 10.1. The van der Waals surface area contributed by atoms with Gasteiger partial charge in [0, 0.05) is 16.4 Å². The van der Waals surface area contributed by atoms with E-state index in [2.05, 4.69) is 0 Å². The lowest BCUT2D eigenvalue weighted by atomic mass is 9.74. The molecule has 3 aromatic rings. The number of phenols is 5. The molecule has 0 saturated heterocycles. The fourth-order valence-corrected chi connectivity index (χ4v) is 3.65. The molecule has 0 fully saturated rings. The first-order valence-corrected chi connectivity index (χ1v) is 9.75. The molecule has 5 N–H and O–H groups in total. The fraction of sp³-hybridized carbons (Fsp3) is 0.280. The average molecular weight is 408 g/mol. The molecule has 0 aliphatic rings. The van der Waals surface area contributed by atoms with Crippen LogP contribution in [0.4, 0.5) is 0 Å². The van der Waals surface area contributed by atoms with Gasteiger partial charge in [-0.05, 0) is 53.4 Å². The summed E-state index contributed by atoms with van der Waals surface area (Å²) in [4.78, 5) is 0. The third-order valence-electron chi connectivity index (χ3n) is 6.19. The number of hydrogen-bond acceptors (Lipinski definition) is 5. The van der Waals surface area contributed by atoms with E-state index in [1.807, 2.05) is 52.0 Å². The Morgan fingerprint density at radius 2 is 0.800 bits per heavy atom. The largest absolute Gasteiger partial charge is 0.508 e. The third-order valence-corrected chi connectivity index (χ3v) is 6.19. The highest BCUT2D eigenvalue weighted by Gasteiger charge is 2.28. The van der Waals surface area contributed by atoms with Gasteiger partial charge in [0.05, 0.1) is 0 Å². The molecule has 158 valence electrons. The first-order valence-electron chi connectivity index (χ1n) is 9.75. The van der Waals surface area contributed by atoms with Gasteiger partial charge in [-0.15, -0.1) is 0 Å². The molecule has 5 nitrogen and oxygen atoms in total. The first-order chi connectivity index (χ1) is 13.9. The summed E-state index contributed by atoms with van der Waals surface area (Å²) in [6.07, 6.45) is 0. The van der Waals surface area contributed by atoms with Crippen LogP contribution in [0.15, 0.2) is 48.5 Å². The summed E-state index contributed by atoms with van der Waals surface area (Å²) in [5.41, 5.74) is 2.88. The zero-order chi connectivity index (χ0) is 22.4. The lowest BCUT2D eigenvalue weighted by Crippen LogP contribution is -2.21. The molecular formula is C25H28O5. The predicted molar refractivity (Wildman–Crippen MR) is 117 cm³/mol. The van der Waals surface area contributed by atoms with Crippen molar-refractivity contribution < 1.29 is 25.5 Å². The number of phenolic OH excluding ortho intramolecular Hbond substituents is 5. The molecule has 3 rings (SSSR count). The maximum atomic E-state index is 10.1. The minimum atomic E-state index is -0.536. The Hall–Kier alpha value is -3.34. The lowest BCUT2D eigenvalue weighted by molar-refractivity contribution is 0.365.